The van der Waals surface area contributed by atoms with Crippen molar-refractivity contribution in [2.24, 2.45) is 5.73 Å². The number of primary amides is 1. The lowest BCUT2D eigenvalue weighted by atomic mass is 10.1. The number of rotatable bonds is 2. The Bertz CT molecular complexity index is 254. The second-order valence-electron chi connectivity index (χ2n) is 2.13. The van der Waals surface area contributed by atoms with Crippen LogP contribution in [0.3, 0.4) is 0 Å². The third-order valence-electron chi connectivity index (χ3n) is 1.22. The van der Waals surface area contributed by atoms with Gasteiger partial charge in [0.05, 0.1) is 6.42 Å². The number of benzene rings is 1. The third-order valence-corrected chi connectivity index (χ3v) is 1.22. The quantitative estimate of drug-likeness (QED) is 0.700. The van der Waals surface area contributed by atoms with E-state index < -0.39 is 0 Å². The van der Waals surface area contributed by atoms with Gasteiger partial charge in [-0.15, -0.1) is 0 Å². The third kappa shape index (κ3) is 4.07. The summed E-state index contributed by atoms with van der Waals surface area (Å²) in [6.07, 6.45) is 0.334. The molecular weight excluding hydrogens is 152 g/mol. The Balaban J connectivity index is 0.000000561. The predicted molar refractivity (Wildman–Crippen MR) is 46.0 cm³/mol. The Kier molecular flexibility index (Phi) is 5.03. The van der Waals surface area contributed by atoms with Crippen molar-refractivity contribution in [2.75, 3.05) is 0 Å². The van der Waals surface area contributed by atoms with Crippen LogP contribution < -0.4 is 5.73 Å². The lowest BCUT2D eigenvalue weighted by Crippen LogP contribution is -2.13. The largest absolute Gasteiger partial charge is 0.369 e. The normalized spacial score (nSPS) is 7.83. The zero-order valence-electron chi connectivity index (χ0n) is 6.60. The van der Waals surface area contributed by atoms with E-state index in [0.717, 1.165) is 5.56 Å². The number of nitrogens with zero attached hydrogens (tertiary/aromatic N) is 1. The molecule has 1 rings (SSSR count). The van der Waals surface area contributed by atoms with Gasteiger partial charge in [0.2, 0.25) is 5.91 Å². The fourth-order valence-electron chi connectivity index (χ4n) is 0.797. The molecular formula is C9H10N2O. The average Bonchev–Trinajstić information content (AvgIpc) is 2.08. The van der Waals surface area contributed by atoms with Gasteiger partial charge in [0.25, 0.3) is 0 Å². The molecule has 1 aromatic rings. The molecule has 1 aromatic carbocycles. The van der Waals surface area contributed by atoms with Gasteiger partial charge in [0, 0.05) is 6.57 Å². The summed E-state index contributed by atoms with van der Waals surface area (Å²) >= 11 is 0. The molecule has 12 heavy (non-hydrogen) atoms. The van der Waals surface area contributed by atoms with E-state index in [-0.39, 0.29) is 5.91 Å². The SMILES string of the molecule is C#N.NC(=O)Cc1ccccc1. The van der Waals surface area contributed by atoms with Gasteiger partial charge in [0.15, 0.2) is 0 Å². The lowest BCUT2D eigenvalue weighted by molar-refractivity contribution is -0.117. The lowest BCUT2D eigenvalue weighted by Gasteiger charge is -1.93. The van der Waals surface area contributed by atoms with Gasteiger partial charge in [0.1, 0.15) is 0 Å². The van der Waals surface area contributed by atoms with Gasteiger partial charge in [-0.1, -0.05) is 30.3 Å². The van der Waals surface area contributed by atoms with Crippen LogP contribution >= 0.6 is 0 Å². The van der Waals surface area contributed by atoms with Crippen LogP contribution in [0.5, 0.6) is 0 Å². The molecule has 0 bridgehead atoms. The fraction of sp³-hybridized carbons (Fsp3) is 0.111. The maximum absolute atomic E-state index is 10.4. The number of carbonyl (C=O) groups excluding carboxylic acids is 1. The van der Waals surface area contributed by atoms with Gasteiger partial charge in [-0.05, 0) is 5.56 Å². The molecule has 0 spiro atoms. The molecule has 0 saturated heterocycles. The van der Waals surface area contributed by atoms with Crippen molar-refractivity contribution in [1.29, 1.82) is 5.26 Å². The minimum atomic E-state index is -0.286. The molecule has 0 fully saturated rings. The zero-order chi connectivity index (χ0) is 9.40. The molecule has 62 valence electrons. The number of nitrogens with two attached hydrogens (primary N) is 1. The molecule has 0 saturated carbocycles. The van der Waals surface area contributed by atoms with Crippen molar-refractivity contribution in [3.8, 4) is 6.57 Å². The first-order chi connectivity index (χ1) is 5.79. The highest BCUT2D eigenvalue weighted by Gasteiger charge is 1.94. The van der Waals surface area contributed by atoms with E-state index in [0.29, 0.717) is 6.42 Å². The maximum atomic E-state index is 10.4. The van der Waals surface area contributed by atoms with Gasteiger partial charge in [-0.2, -0.15) is 0 Å². The molecule has 0 radical (unpaired) electrons. The smallest absolute Gasteiger partial charge is 0.221 e. The Morgan fingerprint density at radius 2 is 1.83 bits per heavy atom. The van der Waals surface area contributed by atoms with Gasteiger partial charge in [-0.3, -0.25) is 4.79 Å². The number of nitriles is 1. The van der Waals surface area contributed by atoms with Crippen LogP contribution in [-0.2, 0) is 11.2 Å². The van der Waals surface area contributed by atoms with Crippen LogP contribution in [0.4, 0.5) is 0 Å². The minimum absolute atomic E-state index is 0.286. The molecule has 0 aliphatic carbocycles. The highest BCUT2D eigenvalue weighted by atomic mass is 16.1. The summed E-state index contributed by atoms with van der Waals surface area (Å²) < 4.78 is 0. The fourth-order valence-corrected chi connectivity index (χ4v) is 0.797. The number of carbonyl (C=O) groups is 1. The molecule has 0 aliphatic rings. The molecule has 0 atom stereocenters. The van der Waals surface area contributed by atoms with E-state index in [9.17, 15) is 4.79 Å². The molecule has 2 N–H and O–H groups in total. The van der Waals surface area contributed by atoms with Gasteiger partial charge < -0.3 is 5.73 Å². The number of hydrogen-bond donors (Lipinski definition) is 1. The molecule has 1 amide bonds. The van der Waals surface area contributed by atoms with E-state index in [2.05, 4.69) is 6.57 Å². The van der Waals surface area contributed by atoms with Crippen molar-refractivity contribution >= 4 is 5.91 Å². The standard InChI is InChI=1S/C8H9NO.CHN/c9-8(10)6-7-4-2-1-3-5-7;1-2/h1-5H,6H2,(H2,9,10);1H. The van der Waals surface area contributed by atoms with Gasteiger partial charge >= 0.3 is 0 Å². The Morgan fingerprint density at radius 1 is 1.33 bits per heavy atom. The number of amides is 1. The summed E-state index contributed by atoms with van der Waals surface area (Å²) in [5, 5.41) is 6.50. The maximum Gasteiger partial charge on any atom is 0.221 e. The second kappa shape index (κ2) is 5.93. The summed E-state index contributed by atoms with van der Waals surface area (Å²) in [6.45, 7) is 3.50. The average molecular weight is 162 g/mol. The van der Waals surface area contributed by atoms with Crippen molar-refractivity contribution in [3.05, 3.63) is 35.9 Å². The molecule has 0 unspecified atom stereocenters. The first-order valence-electron chi connectivity index (χ1n) is 3.37. The molecule has 0 aliphatic heterocycles. The predicted octanol–water partition coefficient (Wildman–Crippen LogP) is 0.854. The first-order valence-corrected chi connectivity index (χ1v) is 3.37. The minimum Gasteiger partial charge on any atom is -0.369 e. The van der Waals surface area contributed by atoms with Gasteiger partial charge in [-0.25, -0.2) is 5.26 Å². The van der Waals surface area contributed by atoms with Crippen LogP contribution in [0.1, 0.15) is 5.56 Å². The monoisotopic (exact) mass is 162 g/mol. The first kappa shape index (κ1) is 10.2. The highest BCUT2D eigenvalue weighted by Crippen LogP contribution is 1.97. The van der Waals surface area contributed by atoms with Crippen molar-refractivity contribution in [3.63, 3.8) is 0 Å². The molecule has 0 heterocycles. The summed E-state index contributed by atoms with van der Waals surface area (Å²) in [4.78, 5) is 10.4. The van der Waals surface area contributed by atoms with Crippen LogP contribution in [0.15, 0.2) is 30.3 Å². The molecule has 3 nitrogen and oxygen atoms in total. The molecule has 3 heteroatoms. The summed E-state index contributed by atoms with van der Waals surface area (Å²) in [7, 11) is 0. The van der Waals surface area contributed by atoms with E-state index in [1.807, 2.05) is 30.3 Å². The Labute approximate surface area is 71.4 Å². The summed E-state index contributed by atoms with van der Waals surface area (Å²) in [5.74, 6) is -0.286. The zero-order valence-corrected chi connectivity index (χ0v) is 6.60. The van der Waals surface area contributed by atoms with Crippen molar-refractivity contribution in [1.82, 2.24) is 0 Å². The topological polar surface area (TPSA) is 66.9 Å². The summed E-state index contributed by atoms with van der Waals surface area (Å²) in [5.41, 5.74) is 5.95. The van der Waals surface area contributed by atoms with E-state index in [1.165, 1.54) is 0 Å². The van der Waals surface area contributed by atoms with E-state index >= 15 is 0 Å². The van der Waals surface area contributed by atoms with Crippen molar-refractivity contribution < 1.29 is 4.79 Å². The van der Waals surface area contributed by atoms with Crippen LogP contribution in [-0.4, -0.2) is 5.91 Å². The molecule has 0 aromatic heterocycles. The summed E-state index contributed by atoms with van der Waals surface area (Å²) in [6, 6.07) is 9.44. The van der Waals surface area contributed by atoms with Crippen LogP contribution in [0, 0.1) is 11.8 Å². The Morgan fingerprint density at radius 3 is 2.25 bits per heavy atom. The van der Waals surface area contributed by atoms with E-state index in [1.54, 1.807) is 0 Å². The van der Waals surface area contributed by atoms with E-state index in [4.69, 9.17) is 11.0 Å². The Hall–Kier alpha value is -1.82. The van der Waals surface area contributed by atoms with Crippen LogP contribution in [0.25, 0.3) is 0 Å². The van der Waals surface area contributed by atoms with Crippen LogP contribution in [0.2, 0.25) is 0 Å². The second-order valence-corrected chi connectivity index (χ2v) is 2.13. The number of hydrogen-bond acceptors (Lipinski definition) is 2. The van der Waals surface area contributed by atoms with Crippen molar-refractivity contribution in [2.45, 2.75) is 6.42 Å². The highest BCUT2D eigenvalue weighted by molar-refractivity contribution is 5.76.